The molecule has 150 valence electrons. The third-order valence-corrected chi connectivity index (χ3v) is 7.26. The van der Waals surface area contributed by atoms with Crippen LogP contribution in [0, 0.1) is 11.8 Å². The van der Waals surface area contributed by atoms with Gasteiger partial charge in [-0.15, -0.1) is 0 Å². The summed E-state index contributed by atoms with van der Waals surface area (Å²) in [5, 5.41) is 20.0. The van der Waals surface area contributed by atoms with Crippen molar-refractivity contribution in [3.8, 4) is 0 Å². The lowest BCUT2D eigenvalue weighted by Crippen LogP contribution is -2.65. The molecule has 2 aromatic rings. The normalized spacial score (nSPS) is 33.5. The van der Waals surface area contributed by atoms with Gasteiger partial charge in [0.25, 0.3) is 5.91 Å². The maximum atomic E-state index is 13.3. The third kappa shape index (κ3) is 3.04. The van der Waals surface area contributed by atoms with Gasteiger partial charge in [-0.05, 0) is 62.8 Å². The fraction of sp³-hybridized carbons (Fsp3) is 0.652. The van der Waals surface area contributed by atoms with E-state index in [0.717, 1.165) is 49.6 Å². The standard InChI is InChI=1S/C23H31N3O2/c1-2-3-6-9-26-19-8-5-4-7-18(19)20(25-26)21(27)24-22-11-16-10-17(12-22)14-23(28,13-16)15-22/h4-5,7-8,16-17,28H,2-3,6,9-15H2,1H3,(H,24,27)/t16-,17+,22?,23?. The van der Waals surface area contributed by atoms with Crippen molar-refractivity contribution in [1.29, 1.82) is 0 Å². The first-order valence-corrected chi connectivity index (χ1v) is 11.0. The maximum absolute atomic E-state index is 13.3. The summed E-state index contributed by atoms with van der Waals surface area (Å²) in [4.78, 5) is 13.3. The van der Waals surface area contributed by atoms with Gasteiger partial charge in [0.2, 0.25) is 0 Å². The minimum Gasteiger partial charge on any atom is -0.390 e. The number of hydrogen-bond acceptors (Lipinski definition) is 3. The first-order valence-electron chi connectivity index (χ1n) is 11.0. The van der Waals surface area contributed by atoms with Gasteiger partial charge < -0.3 is 10.4 Å². The Balaban J connectivity index is 1.42. The van der Waals surface area contributed by atoms with Crippen molar-refractivity contribution in [2.75, 3.05) is 0 Å². The summed E-state index contributed by atoms with van der Waals surface area (Å²) in [6, 6.07) is 8.04. The highest BCUT2D eigenvalue weighted by molar-refractivity contribution is 6.05. The molecule has 1 aromatic heterocycles. The molecule has 1 heterocycles. The van der Waals surface area contributed by atoms with Crippen LogP contribution < -0.4 is 5.32 Å². The quantitative estimate of drug-likeness (QED) is 0.742. The molecule has 1 aromatic carbocycles. The van der Waals surface area contributed by atoms with E-state index in [4.69, 9.17) is 5.10 Å². The highest BCUT2D eigenvalue weighted by Crippen LogP contribution is 2.57. The molecule has 2 unspecified atom stereocenters. The first-order chi connectivity index (χ1) is 13.5. The van der Waals surface area contributed by atoms with E-state index in [2.05, 4.69) is 18.3 Å². The minimum atomic E-state index is -0.570. The van der Waals surface area contributed by atoms with Gasteiger partial charge in [0, 0.05) is 17.5 Å². The number of carbonyl (C=O) groups is 1. The number of fused-ring (bicyclic) bond motifs is 1. The van der Waals surface area contributed by atoms with Crippen molar-refractivity contribution in [1.82, 2.24) is 15.1 Å². The van der Waals surface area contributed by atoms with Crippen LogP contribution in [-0.4, -0.2) is 31.9 Å². The third-order valence-electron chi connectivity index (χ3n) is 7.26. The van der Waals surface area contributed by atoms with Crippen LogP contribution in [0.3, 0.4) is 0 Å². The summed E-state index contributed by atoms with van der Waals surface area (Å²) in [5.74, 6) is 1.03. The Kier molecular flexibility index (Phi) is 4.27. The fourth-order valence-corrected chi connectivity index (χ4v) is 6.64. The van der Waals surface area contributed by atoms with Crippen molar-refractivity contribution >= 4 is 16.8 Å². The first kappa shape index (κ1) is 18.2. The second-order valence-electron chi connectivity index (χ2n) is 9.72. The van der Waals surface area contributed by atoms with Crippen molar-refractivity contribution in [3.63, 3.8) is 0 Å². The molecule has 4 atom stereocenters. The molecule has 1 amide bonds. The monoisotopic (exact) mass is 381 g/mol. The maximum Gasteiger partial charge on any atom is 0.272 e. The number of nitrogens with zero attached hydrogens (tertiary/aromatic N) is 2. The van der Waals surface area contributed by atoms with Crippen molar-refractivity contribution in [3.05, 3.63) is 30.0 Å². The van der Waals surface area contributed by atoms with Crippen LogP contribution in [0.15, 0.2) is 24.3 Å². The van der Waals surface area contributed by atoms with Crippen LogP contribution >= 0.6 is 0 Å². The number of hydrogen-bond donors (Lipinski definition) is 2. The van der Waals surface area contributed by atoms with Crippen molar-refractivity contribution < 1.29 is 9.90 Å². The lowest BCUT2D eigenvalue weighted by atomic mass is 9.51. The molecule has 0 aliphatic heterocycles. The number of aryl methyl sites for hydroxylation is 1. The second kappa shape index (κ2) is 6.58. The molecule has 0 spiro atoms. The largest absolute Gasteiger partial charge is 0.390 e. The molecule has 4 aliphatic rings. The van der Waals surface area contributed by atoms with Crippen LogP contribution in [-0.2, 0) is 6.54 Å². The number of para-hydroxylation sites is 1. The van der Waals surface area contributed by atoms with Gasteiger partial charge in [-0.3, -0.25) is 9.48 Å². The molecule has 4 aliphatic carbocycles. The number of aromatic nitrogens is 2. The predicted octanol–water partition coefficient (Wildman–Crippen LogP) is 4.04. The minimum absolute atomic E-state index is 0.0732. The molecule has 4 saturated carbocycles. The van der Waals surface area contributed by atoms with Gasteiger partial charge >= 0.3 is 0 Å². The Bertz CT molecular complexity index is 888. The number of amides is 1. The average Bonchev–Trinajstić information content (AvgIpc) is 2.99. The molecular formula is C23H31N3O2. The van der Waals surface area contributed by atoms with E-state index in [-0.39, 0.29) is 11.4 Å². The predicted molar refractivity (Wildman–Crippen MR) is 109 cm³/mol. The van der Waals surface area contributed by atoms with E-state index in [1.807, 2.05) is 22.9 Å². The van der Waals surface area contributed by atoms with E-state index in [1.165, 1.54) is 19.3 Å². The van der Waals surface area contributed by atoms with Gasteiger partial charge in [-0.2, -0.15) is 5.10 Å². The summed E-state index contributed by atoms with van der Waals surface area (Å²) in [6.07, 6.45) is 9.17. The number of aliphatic hydroxyl groups is 1. The molecule has 6 rings (SSSR count). The molecule has 5 nitrogen and oxygen atoms in total. The van der Waals surface area contributed by atoms with Crippen LogP contribution in [0.1, 0.15) is 75.2 Å². The Morgan fingerprint density at radius 2 is 1.96 bits per heavy atom. The highest BCUT2D eigenvalue weighted by atomic mass is 16.3. The van der Waals surface area contributed by atoms with E-state index in [1.54, 1.807) is 0 Å². The molecule has 2 N–H and O–H groups in total. The summed E-state index contributed by atoms with van der Waals surface area (Å²) in [5.41, 5.74) is 0.754. The number of unbranched alkanes of at least 4 members (excludes halogenated alkanes) is 2. The smallest absolute Gasteiger partial charge is 0.272 e. The van der Waals surface area contributed by atoms with E-state index >= 15 is 0 Å². The summed E-state index contributed by atoms with van der Waals surface area (Å²) >= 11 is 0. The Morgan fingerprint density at radius 1 is 1.21 bits per heavy atom. The average molecular weight is 382 g/mol. The zero-order valence-electron chi connectivity index (χ0n) is 16.8. The number of nitrogens with one attached hydrogen (secondary N) is 1. The Morgan fingerprint density at radius 3 is 2.68 bits per heavy atom. The van der Waals surface area contributed by atoms with Crippen molar-refractivity contribution in [2.45, 2.75) is 82.4 Å². The van der Waals surface area contributed by atoms with Crippen LogP contribution in [0.4, 0.5) is 0 Å². The lowest BCUT2D eigenvalue weighted by Gasteiger charge is -2.60. The number of rotatable bonds is 6. The number of benzene rings is 1. The molecule has 5 heteroatoms. The fourth-order valence-electron chi connectivity index (χ4n) is 6.64. The molecular weight excluding hydrogens is 350 g/mol. The Hall–Kier alpha value is -1.88. The highest BCUT2D eigenvalue weighted by Gasteiger charge is 2.57. The second-order valence-corrected chi connectivity index (χ2v) is 9.72. The van der Waals surface area contributed by atoms with E-state index in [9.17, 15) is 9.90 Å². The lowest BCUT2D eigenvalue weighted by molar-refractivity contribution is -0.139. The number of carbonyl (C=O) groups excluding carboxylic acids is 1. The summed E-state index contributed by atoms with van der Waals surface area (Å²) in [6.45, 7) is 3.04. The summed E-state index contributed by atoms with van der Waals surface area (Å²) < 4.78 is 1.99. The van der Waals surface area contributed by atoms with Gasteiger partial charge in [0.1, 0.15) is 0 Å². The topological polar surface area (TPSA) is 67.2 Å². The van der Waals surface area contributed by atoms with E-state index in [0.29, 0.717) is 24.0 Å². The van der Waals surface area contributed by atoms with Gasteiger partial charge in [-0.1, -0.05) is 38.0 Å². The zero-order valence-corrected chi connectivity index (χ0v) is 16.8. The van der Waals surface area contributed by atoms with Gasteiger partial charge in [-0.25, -0.2) is 0 Å². The zero-order chi connectivity index (χ0) is 19.4. The van der Waals surface area contributed by atoms with Gasteiger partial charge in [0.15, 0.2) is 5.69 Å². The molecule has 4 fully saturated rings. The van der Waals surface area contributed by atoms with Crippen LogP contribution in [0.2, 0.25) is 0 Å². The molecule has 28 heavy (non-hydrogen) atoms. The van der Waals surface area contributed by atoms with Crippen molar-refractivity contribution in [2.24, 2.45) is 11.8 Å². The van der Waals surface area contributed by atoms with Crippen LogP contribution in [0.5, 0.6) is 0 Å². The summed E-state index contributed by atoms with van der Waals surface area (Å²) in [7, 11) is 0. The molecule has 4 bridgehead atoms. The van der Waals surface area contributed by atoms with E-state index < -0.39 is 5.60 Å². The SMILES string of the molecule is CCCCCn1nc(C(=O)NC23C[C@@H]4C[C@@H](CC(O)(C4)C2)C3)c2ccccc21. The van der Waals surface area contributed by atoms with Gasteiger partial charge in [0.05, 0.1) is 11.1 Å². The molecule has 0 saturated heterocycles. The Labute approximate surface area is 166 Å². The van der Waals surface area contributed by atoms with Crippen LogP contribution in [0.25, 0.3) is 10.9 Å². The molecule has 0 radical (unpaired) electrons.